The molecule has 1 saturated heterocycles. The highest BCUT2D eigenvalue weighted by atomic mass is 16.5. The first-order chi connectivity index (χ1) is 16.3. The summed E-state index contributed by atoms with van der Waals surface area (Å²) in [7, 11) is 2.82. The summed E-state index contributed by atoms with van der Waals surface area (Å²) in [4.78, 5) is 27.8. The van der Waals surface area contributed by atoms with E-state index in [1.54, 1.807) is 49.4 Å². The van der Waals surface area contributed by atoms with Gasteiger partial charge in [0, 0.05) is 0 Å². The molecule has 3 aromatic carbocycles. The van der Waals surface area contributed by atoms with Crippen molar-refractivity contribution in [3.63, 3.8) is 0 Å². The van der Waals surface area contributed by atoms with Gasteiger partial charge in [-0.05, 0) is 54.4 Å². The molecule has 1 aliphatic rings. The molecule has 0 bridgehead atoms. The normalized spacial score (nSPS) is 17.1. The number of phenolic OH excluding ortho intramolecular Hbond substituents is 2. The highest BCUT2D eigenvalue weighted by Crippen LogP contribution is 2.47. The molecule has 4 rings (SSSR count). The summed E-state index contributed by atoms with van der Waals surface area (Å²) < 4.78 is 10.8. The first-order valence-corrected chi connectivity index (χ1v) is 10.4. The van der Waals surface area contributed by atoms with Gasteiger partial charge in [-0.2, -0.15) is 0 Å². The molecule has 1 fully saturated rings. The van der Waals surface area contributed by atoms with Gasteiger partial charge >= 0.3 is 0 Å². The second-order valence-corrected chi connectivity index (χ2v) is 7.79. The zero-order valence-electron chi connectivity index (χ0n) is 18.8. The van der Waals surface area contributed by atoms with Crippen LogP contribution in [0.25, 0.3) is 5.76 Å². The van der Waals surface area contributed by atoms with Gasteiger partial charge in [0.1, 0.15) is 34.3 Å². The molecule has 1 aliphatic heterocycles. The largest absolute Gasteiger partial charge is 0.508 e. The number of aromatic hydroxyl groups is 2. The van der Waals surface area contributed by atoms with Gasteiger partial charge < -0.3 is 24.8 Å². The number of aliphatic hydroxyl groups is 1. The van der Waals surface area contributed by atoms with E-state index in [1.165, 1.54) is 32.4 Å². The van der Waals surface area contributed by atoms with Crippen molar-refractivity contribution in [3.8, 4) is 23.0 Å². The van der Waals surface area contributed by atoms with Crippen LogP contribution in [0.4, 0.5) is 5.69 Å². The van der Waals surface area contributed by atoms with E-state index in [0.717, 1.165) is 10.5 Å². The fourth-order valence-corrected chi connectivity index (χ4v) is 4.10. The second-order valence-electron chi connectivity index (χ2n) is 7.79. The first kappa shape index (κ1) is 22.7. The minimum Gasteiger partial charge on any atom is -0.508 e. The third-order valence-corrected chi connectivity index (χ3v) is 5.71. The lowest BCUT2D eigenvalue weighted by Crippen LogP contribution is -2.29. The number of ketones is 1. The van der Waals surface area contributed by atoms with Crippen molar-refractivity contribution in [2.24, 2.45) is 0 Å². The van der Waals surface area contributed by atoms with Crippen molar-refractivity contribution in [1.29, 1.82) is 0 Å². The van der Waals surface area contributed by atoms with Crippen LogP contribution in [-0.4, -0.2) is 41.2 Å². The maximum atomic E-state index is 13.3. The van der Waals surface area contributed by atoms with Gasteiger partial charge in [0.05, 0.1) is 31.5 Å². The van der Waals surface area contributed by atoms with Crippen LogP contribution in [0.1, 0.15) is 22.7 Å². The number of rotatable bonds is 5. The fraction of sp³-hybridized carbons (Fsp3) is 0.154. The molecule has 0 spiro atoms. The third kappa shape index (κ3) is 3.69. The van der Waals surface area contributed by atoms with Crippen molar-refractivity contribution in [3.05, 3.63) is 82.9 Å². The highest BCUT2D eigenvalue weighted by Gasteiger charge is 2.48. The van der Waals surface area contributed by atoms with E-state index in [0.29, 0.717) is 5.56 Å². The maximum absolute atomic E-state index is 13.3. The van der Waals surface area contributed by atoms with Crippen LogP contribution in [0.5, 0.6) is 23.0 Å². The predicted molar refractivity (Wildman–Crippen MR) is 125 cm³/mol. The van der Waals surface area contributed by atoms with Crippen LogP contribution in [-0.2, 0) is 9.59 Å². The predicted octanol–water partition coefficient (Wildman–Crippen LogP) is 4.05. The van der Waals surface area contributed by atoms with E-state index >= 15 is 0 Å². The molecule has 0 aromatic heterocycles. The Labute approximate surface area is 195 Å². The average Bonchev–Trinajstić information content (AvgIpc) is 3.10. The lowest BCUT2D eigenvalue weighted by Gasteiger charge is -2.26. The number of aryl methyl sites for hydroxylation is 1. The van der Waals surface area contributed by atoms with Crippen LogP contribution < -0.4 is 14.4 Å². The molecule has 0 aliphatic carbocycles. The molecule has 3 aromatic rings. The molecule has 1 heterocycles. The smallest absolute Gasteiger partial charge is 0.300 e. The lowest BCUT2D eigenvalue weighted by molar-refractivity contribution is -0.132. The summed E-state index contributed by atoms with van der Waals surface area (Å²) >= 11 is 0. The molecule has 1 amide bonds. The number of ether oxygens (including phenoxy) is 2. The number of aliphatic hydroxyl groups excluding tert-OH is 1. The number of Topliss-reactive ketones (excluding diaryl/α,β-unsaturated/α-hetero) is 1. The molecular formula is C26H23NO7. The van der Waals surface area contributed by atoms with Gasteiger partial charge in [-0.3, -0.25) is 14.5 Å². The topological polar surface area (TPSA) is 117 Å². The number of methoxy groups -OCH3 is 2. The Hall–Kier alpha value is -4.46. The van der Waals surface area contributed by atoms with Crippen LogP contribution in [0.2, 0.25) is 0 Å². The summed E-state index contributed by atoms with van der Waals surface area (Å²) in [5.74, 6) is -2.08. The monoisotopic (exact) mass is 461 g/mol. The number of nitrogens with zero attached hydrogens (tertiary/aromatic N) is 1. The number of carbonyl (C=O) groups is 2. The van der Waals surface area contributed by atoms with E-state index in [9.17, 15) is 24.9 Å². The molecule has 1 atom stereocenters. The van der Waals surface area contributed by atoms with Gasteiger partial charge in [-0.15, -0.1) is 0 Å². The molecule has 0 radical (unpaired) electrons. The third-order valence-electron chi connectivity index (χ3n) is 5.71. The minimum absolute atomic E-state index is 0.00879. The summed E-state index contributed by atoms with van der Waals surface area (Å²) in [5.41, 5.74) is 1.22. The van der Waals surface area contributed by atoms with Crippen molar-refractivity contribution in [1.82, 2.24) is 0 Å². The summed E-state index contributed by atoms with van der Waals surface area (Å²) in [6, 6.07) is 14.3. The Balaban J connectivity index is 2.04. The van der Waals surface area contributed by atoms with Crippen LogP contribution in [0, 0.1) is 6.92 Å². The Bertz CT molecular complexity index is 1290. The molecule has 8 nitrogen and oxygen atoms in total. The standard InChI is InChI=1S/C26H23NO7/c1-14-7-12-18(29)17(13-14)27-23(15-8-10-16(28)11-9-15)22(25(31)26(27)32)24(30)21-19(33-2)5-4-6-20(21)34-3/h4-13,23,28-30H,1-3H3/b24-22+. The molecular weight excluding hydrogens is 438 g/mol. The van der Waals surface area contributed by atoms with Gasteiger partial charge in [-0.1, -0.05) is 24.3 Å². The fourth-order valence-electron chi connectivity index (χ4n) is 4.10. The summed E-state index contributed by atoms with van der Waals surface area (Å²) in [6.07, 6.45) is 0. The number of amides is 1. The molecule has 174 valence electrons. The zero-order chi connectivity index (χ0) is 24.6. The highest BCUT2D eigenvalue weighted by molar-refractivity contribution is 6.52. The van der Waals surface area contributed by atoms with Crippen molar-refractivity contribution < 1.29 is 34.4 Å². The number of hydrogen-bond acceptors (Lipinski definition) is 7. The van der Waals surface area contributed by atoms with Crippen LogP contribution in [0.3, 0.4) is 0 Å². The Kier molecular flexibility index (Phi) is 5.89. The number of benzene rings is 3. The first-order valence-electron chi connectivity index (χ1n) is 10.4. The Morgan fingerprint density at radius 3 is 2.12 bits per heavy atom. The van der Waals surface area contributed by atoms with E-state index in [-0.39, 0.29) is 39.8 Å². The Morgan fingerprint density at radius 2 is 1.53 bits per heavy atom. The molecule has 1 unspecified atom stereocenters. The van der Waals surface area contributed by atoms with E-state index < -0.39 is 23.5 Å². The van der Waals surface area contributed by atoms with Crippen molar-refractivity contribution in [2.45, 2.75) is 13.0 Å². The average molecular weight is 461 g/mol. The van der Waals surface area contributed by atoms with Gasteiger partial charge in [0.15, 0.2) is 0 Å². The molecule has 34 heavy (non-hydrogen) atoms. The van der Waals surface area contributed by atoms with Crippen molar-refractivity contribution >= 4 is 23.1 Å². The number of anilines is 1. The quantitative estimate of drug-likeness (QED) is 0.298. The molecule has 3 N–H and O–H groups in total. The zero-order valence-corrected chi connectivity index (χ0v) is 18.8. The summed E-state index contributed by atoms with van der Waals surface area (Å²) in [5, 5.41) is 31.7. The van der Waals surface area contributed by atoms with Gasteiger partial charge in [-0.25, -0.2) is 0 Å². The van der Waals surface area contributed by atoms with Crippen LogP contribution >= 0.6 is 0 Å². The summed E-state index contributed by atoms with van der Waals surface area (Å²) in [6.45, 7) is 1.79. The lowest BCUT2D eigenvalue weighted by atomic mass is 9.94. The van der Waals surface area contributed by atoms with E-state index in [4.69, 9.17) is 9.47 Å². The van der Waals surface area contributed by atoms with Crippen molar-refractivity contribution in [2.75, 3.05) is 19.1 Å². The Morgan fingerprint density at radius 1 is 0.912 bits per heavy atom. The van der Waals surface area contributed by atoms with Gasteiger partial charge in [0.2, 0.25) is 0 Å². The minimum atomic E-state index is -1.09. The molecule has 8 heteroatoms. The number of carbonyl (C=O) groups excluding carboxylic acids is 2. The maximum Gasteiger partial charge on any atom is 0.300 e. The van der Waals surface area contributed by atoms with Crippen LogP contribution in [0.15, 0.2) is 66.2 Å². The SMILES string of the molecule is COc1cccc(OC)c1/C(O)=C1\C(=O)C(=O)N(c2cc(C)ccc2O)C1c1ccc(O)cc1. The number of phenols is 2. The van der Waals surface area contributed by atoms with E-state index in [1.807, 2.05) is 0 Å². The second kappa shape index (κ2) is 8.82. The van der Waals surface area contributed by atoms with E-state index in [2.05, 4.69) is 0 Å². The van der Waals surface area contributed by atoms with Gasteiger partial charge in [0.25, 0.3) is 11.7 Å². The molecule has 0 saturated carbocycles. The number of hydrogen-bond donors (Lipinski definition) is 3.